The minimum absolute atomic E-state index is 0.573. The minimum Gasteiger partial charge on any atom is -0.443 e. The van der Waals surface area contributed by atoms with Crippen molar-refractivity contribution in [2.24, 2.45) is 0 Å². The molecule has 0 unspecified atom stereocenters. The molecule has 0 bridgehead atoms. The second-order valence-electron chi connectivity index (χ2n) is 5.01. The molecule has 0 spiro atoms. The standard InChI is InChI=1S/C17H12BrN3OS/c18-12-4-5-14-11(8-12)3-6-16(21-14)19-9-13-10-22-17(20-13)15-2-1-7-23-15/h1-8,10H,9H2,(H,19,21). The highest BCUT2D eigenvalue weighted by atomic mass is 79.9. The van der Waals surface area contributed by atoms with E-state index in [1.807, 2.05) is 35.7 Å². The van der Waals surface area contributed by atoms with Gasteiger partial charge in [-0.1, -0.05) is 22.0 Å². The van der Waals surface area contributed by atoms with Crippen molar-refractivity contribution in [3.05, 3.63) is 64.3 Å². The van der Waals surface area contributed by atoms with E-state index in [1.54, 1.807) is 17.6 Å². The zero-order valence-electron chi connectivity index (χ0n) is 12.0. The van der Waals surface area contributed by atoms with Gasteiger partial charge in [0.1, 0.15) is 12.1 Å². The summed E-state index contributed by atoms with van der Waals surface area (Å²) < 4.78 is 6.57. The monoisotopic (exact) mass is 385 g/mol. The van der Waals surface area contributed by atoms with Crippen LogP contribution in [0, 0.1) is 0 Å². The zero-order valence-corrected chi connectivity index (χ0v) is 14.4. The first-order valence-electron chi connectivity index (χ1n) is 7.06. The first kappa shape index (κ1) is 14.4. The van der Waals surface area contributed by atoms with Crippen molar-refractivity contribution in [2.75, 3.05) is 5.32 Å². The topological polar surface area (TPSA) is 51.0 Å². The Morgan fingerprint density at radius 2 is 2.09 bits per heavy atom. The largest absolute Gasteiger partial charge is 0.443 e. The van der Waals surface area contributed by atoms with Crippen molar-refractivity contribution in [3.63, 3.8) is 0 Å². The molecule has 1 N–H and O–H groups in total. The zero-order chi connectivity index (χ0) is 15.6. The summed E-state index contributed by atoms with van der Waals surface area (Å²) in [5.74, 6) is 1.48. The molecule has 0 amide bonds. The van der Waals surface area contributed by atoms with Crippen LogP contribution in [0.1, 0.15) is 5.69 Å². The number of anilines is 1. The molecule has 0 atom stereocenters. The molecule has 0 saturated carbocycles. The Hall–Kier alpha value is -2.18. The number of halogens is 1. The fourth-order valence-corrected chi connectivity index (χ4v) is 3.31. The predicted octanol–water partition coefficient (Wildman–Crippen LogP) is 5.33. The van der Waals surface area contributed by atoms with Gasteiger partial charge in [-0.2, -0.15) is 0 Å². The van der Waals surface area contributed by atoms with Crippen LogP contribution in [0.5, 0.6) is 0 Å². The van der Waals surface area contributed by atoms with Crippen molar-refractivity contribution in [1.29, 1.82) is 0 Å². The SMILES string of the molecule is Brc1ccc2nc(NCc3coc(-c4cccs4)n3)ccc2c1. The maximum Gasteiger partial charge on any atom is 0.236 e. The third-order valence-electron chi connectivity index (χ3n) is 3.39. The summed E-state index contributed by atoms with van der Waals surface area (Å²) in [6.45, 7) is 0.573. The molecular formula is C17H12BrN3OS. The van der Waals surface area contributed by atoms with Crippen LogP contribution >= 0.6 is 27.3 Å². The number of hydrogen-bond donors (Lipinski definition) is 1. The fourth-order valence-electron chi connectivity index (χ4n) is 2.28. The summed E-state index contributed by atoms with van der Waals surface area (Å²) in [4.78, 5) is 10.1. The lowest BCUT2D eigenvalue weighted by Crippen LogP contribution is -2.01. The van der Waals surface area contributed by atoms with Crippen molar-refractivity contribution in [1.82, 2.24) is 9.97 Å². The highest BCUT2D eigenvalue weighted by Crippen LogP contribution is 2.24. The molecule has 1 aromatic carbocycles. The Morgan fingerprint density at radius 3 is 2.96 bits per heavy atom. The van der Waals surface area contributed by atoms with Crippen molar-refractivity contribution < 1.29 is 4.42 Å². The van der Waals surface area contributed by atoms with Gasteiger partial charge in [-0.25, -0.2) is 9.97 Å². The number of nitrogens with one attached hydrogen (secondary N) is 1. The number of pyridine rings is 1. The van der Waals surface area contributed by atoms with Crippen molar-refractivity contribution in [3.8, 4) is 10.8 Å². The summed E-state index contributed by atoms with van der Waals surface area (Å²) in [7, 11) is 0. The summed E-state index contributed by atoms with van der Waals surface area (Å²) in [6.07, 6.45) is 1.68. The lowest BCUT2D eigenvalue weighted by atomic mass is 10.2. The minimum atomic E-state index is 0.573. The van der Waals surface area contributed by atoms with Gasteiger partial charge in [0.05, 0.1) is 22.6 Å². The Balaban J connectivity index is 1.49. The van der Waals surface area contributed by atoms with Gasteiger partial charge in [-0.3, -0.25) is 0 Å². The highest BCUT2D eigenvalue weighted by Gasteiger charge is 2.07. The molecule has 114 valence electrons. The molecule has 4 aromatic rings. The first-order chi connectivity index (χ1) is 11.3. The van der Waals surface area contributed by atoms with E-state index in [0.717, 1.165) is 31.8 Å². The molecule has 0 saturated heterocycles. The van der Waals surface area contributed by atoms with Crippen LogP contribution in [0.15, 0.2) is 63.0 Å². The van der Waals surface area contributed by atoms with E-state index in [0.29, 0.717) is 12.4 Å². The Bertz CT molecular complexity index is 950. The normalized spacial score (nSPS) is 11.0. The highest BCUT2D eigenvalue weighted by molar-refractivity contribution is 9.10. The maximum atomic E-state index is 5.51. The van der Waals surface area contributed by atoms with E-state index in [2.05, 4.69) is 43.3 Å². The molecule has 0 aliphatic rings. The third-order valence-corrected chi connectivity index (χ3v) is 4.74. The Kier molecular flexibility index (Phi) is 3.85. The molecule has 3 heterocycles. The number of fused-ring (bicyclic) bond motifs is 1. The summed E-state index contributed by atoms with van der Waals surface area (Å²) >= 11 is 5.08. The fraction of sp³-hybridized carbons (Fsp3) is 0.0588. The maximum absolute atomic E-state index is 5.51. The van der Waals surface area contributed by atoms with Crippen LogP contribution in [-0.2, 0) is 6.54 Å². The van der Waals surface area contributed by atoms with Crippen LogP contribution in [0.2, 0.25) is 0 Å². The molecular weight excluding hydrogens is 374 g/mol. The molecule has 0 aliphatic carbocycles. The molecule has 3 aromatic heterocycles. The van der Waals surface area contributed by atoms with Gasteiger partial charge >= 0.3 is 0 Å². The van der Waals surface area contributed by atoms with Gasteiger partial charge in [0.2, 0.25) is 5.89 Å². The van der Waals surface area contributed by atoms with Gasteiger partial charge in [0, 0.05) is 9.86 Å². The number of oxazole rings is 1. The number of benzene rings is 1. The first-order valence-corrected chi connectivity index (χ1v) is 8.74. The number of hydrogen-bond acceptors (Lipinski definition) is 5. The Morgan fingerprint density at radius 1 is 1.13 bits per heavy atom. The van der Waals surface area contributed by atoms with E-state index in [-0.39, 0.29) is 0 Å². The van der Waals surface area contributed by atoms with E-state index in [1.165, 1.54) is 0 Å². The number of nitrogens with zero attached hydrogens (tertiary/aromatic N) is 2. The number of rotatable bonds is 4. The van der Waals surface area contributed by atoms with Gasteiger partial charge in [-0.05, 0) is 41.8 Å². The molecule has 6 heteroatoms. The van der Waals surface area contributed by atoms with Crippen LogP contribution in [-0.4, -0.2) is 9.97 Å². The molecule has 4 nitrogen and oxygen atoms in total. The second-order valence-corrected chi connectivity index (χ2v) is 6.87. The smallest absolute Gasteiger partial charge is 0.236 e. The van der Waals surface area contributed by atoms with Crippen molar-refractivity contribution >= 4 is 44.0 Å². The van der Waals surface area contributed by atoms with E-state index >= 15 is 0 Å². The van der Waals surface area contributed by atoms with Gasteiger partial charge in [-0.15, -0.1) is 11.3 Å². The number of thiophene rings is 1. The van der Waals surface area contributed by atoms with E-state index in [4.69, 9.17) is 4.42 Å². The van der Waals surface area contributed by atoms with Crippen LogP contribution in [0.25, 0.3) is 21.7 Å². The van der Waals surface area contributed by atoms with E-state index in [9.17, 15) is 0 Å². The van der Waals surface area contributed by atoms with Gasteiger partial charge < -0.3 is 9.73 Å². The third kappa shape index (κ3) is 3.13. The number of aromatic nitrogens is 2. The second kappa shape index (κ2) is 6.14. The predicted molar refractivity (Wildman–Crippen MR) is 96.6 cm³/mol. The quantitative estimate of drug-likeness (QED) is 0.515. The molecule has 0 fully saturated rings. The van der Waals surface area contributed by atoms with Crippen LogP contribution in [0.3, 0.4) is 0 Å². The average Bonchev–Trinajstić information content (AvgIpc) is 3.24. The molecule has 4 rings (SSSR count). The van der Waals surface area contributed by atoms with Crippen LogP contribution in [0.4, 0.5) is 5.82 Å². The average molecular weight is 386 g/mol. The molecule has 0 radical (unpaired) electrons. The Labute approximate surface area is 145 Å². The molecule has 0 aliphatic heterocycles. The summed E-state index contributed by atoms with van der Waals surface area (Å²) in [5, 5.41) is 6.40. The van der Waals surface area contributed by atoms with Gasteiger partial charge in [0.15, 0.2) is 0 Å². The summed E-state index contributed by atoms with van der Waals surface area (Å²) in [6, 6.07) is 14.0. The van der Waals surface area contributed by atoms with Gasteiger partial charge in [0.25, 0.3) is 0 Å². The molecule has 23 heavy (non-hydrogen) atoms. The van der Waals surface area contributed by atoms with Crippen LogP contribution < -0.4 is 5.32 Å². The lowest BCUT2D eigenvalue weighted by Gasteiger charge is -2.05. The lowest BCUT2D eigenvalue weighted by molar-refractivity contribution is 0.574. The van der Waals surface area contributed by atoms with Crippen molar-refractivity contribution in [2.45, 2.75) is 6.54 Å². The van der Waals surface area contributed by atoms with E-state index < -0.39 is 0 Å². The summed E-state index contributed by atoms with van der Waals surface area (Å²) in [5.41, 5.74) is 1.81.